The van der Waals surface area contributed by atoms with Crippen molar-refractivity contribution in [2.45, 2.75) is 39.2 Å². The van der Waals surface area contributed by atoms with E-state index in [1.165, 1.54) is 0 Å². The average molecular weight is 521 g/mol. The molecule has 1 aromatic rings. The summed E-state index contributed by atoms with van der Waals surface area (Å²) in [6.45, 7) is 8.41. The summed E-state index contributed by atoms with van der Waals surface area (Å²) in [6, 6.07) is 3.77. The molecular weight excluding hydrogens is 485 g/mol. The molecule has 2 rings (SSSR count). The van der Waals surface area contributed by atoms with E-state index in [1.54, 1.807) is 6.26 Å². The maximum absolute atomic E-state index is 11.4. The number of nitrogens with two attached hydrogens (primary N) is 1. The minimum Gasteiger partial charge on any atom is -0.467 e. The van der Waals surface area contributed by atoms with Gasteiger partial charge >= 0.3 is 0 Å². The number of amides is 1. The summed E-state index contributed by atoms with van der Waals surface area (Å²) in [7, 11) is 0. The Bertz CT molecular complexity index is 583. The van der Waals surface area contributed by atoms with E-state index < -0.39 is 0 Å². The van der Waals surface area contributed by atoms with E-state index in [2.05, 4.69) is 27.4 Å². The van der Waals surface area contributed by atoms with Crippen LogP contribution in [0.4, 0.5) is 0 Å². The Morgan fingerprint density at radius 3 is 3.00 bits per heavy atom. The van der Waals surface area contributed by atoms with Gasteiger partial charge in [-0.2, -0.15) is 0 Å². The first-order valence-corrected chi connectivity index (χ1v) is 10.3. The lowest BCUT2D eigenvalue weighted by Gasteiger charge is -2.31. The number of carbonyl (C=O) groups is 1. The third kappa shape index (κ3) is 10.9. The van der Waals surface area contributed by atoms with Crippen molar-refractivity contribution in [2.75, 3.05) is 45.9 Å². The van der Waals surface area contributed by atoms with Gasteiger partial charge in [-0.25, -0.2) is 0 Å². The van der Waals surface area contributed by atoms with Gasteiger partial charge in [0.2, 0.25) is 5.91 Å². The zero-order valence-corrected chi connectivity index (χ0v) is 19.7. The second-order valence-electron chi connectivity index (χ2n) is 7.07. The van der Waals surface area contributed by atoms with Gasteiger partial charge in [-0.3, -0.25) is 9.79 Å². The number of carbonyl (C=O) groups excluding carboxylic acids is 1. The molecule has 1 fully saturated rings. The number of furan rings is 1. The normalized spacial score (nSPS) is 17.6. The molecule has 0 saturated carbocycles. The van der Waals surface area contributed by atoms with E-state index >= 15 is 0 Å². The zero-order chi connectivity index (χ0) is 20.0. The number of halogens is 1. The molecule has 2 heterocycles. The fourth-order valence-electron chi connectivity index (χ4n) is 3.27. The maximum atomic E-state index is 11.4. The first-order chi connectivity index (χ1) is 13.7. The Kier molecular flexibility index (Phi) is 13.7. The van der Waals surface area contributed by atoms with Gasteiger partial charge in [0, 0.05) is 32.8 Å². The predicted octanol–water partition coefficient (Wildman–Crippen LogP) is 1.95. The van der Waals surface area contributed by atoms with Gasteiger partial charge in [0.25, 0.3) is 0 Å². The number of ether oxygens (including phenoxy) is 1. The molecule has 1 unspecified atom stereocenters. The lowest BCUT2D eigenvalue weighted by molar-refractivity contribution is -0.123. The van der Waals surface area contributed by atoms with Crippen molar-refractivity contribution >= 4 is 35.8 Å². The van der Waals surface area contributed by atoms with Gasteiger partial charge in [-0.1, -0.05) is 0 Å². The third-order valence-corrected chi connectivity index (χ3v) is 4.74. The molecule has 29 heavy (non-hydrogen) atoms. The summed E-state index contributed by atoms with van der Waals surface area (Å²) in [4.78, 5) is 18.3. The third-order valence-electron chi connectivity index (χ3n) is 4.74. The van der Waals surface area contributed by atoms with Crippen molar-refractivity contribution in [1.29, 1.82) is 0 Å². The van der Waals surface area contributed by atoms with E-state index in [4.69, 9.17) is 14.9 Å². The topological polar surface area (TPSA) is 105 Å². The Balaban J connectivity index is 0.00000420. The molecule has 166 valence electrons. The minimum atomic E-state index is -0.169. The van der Waals surface area contributed by atoms with Crippen molar-refractivity contribution in [3.05, 3.63) is 24.2 Å². The van der Waals surface area contributed by atoms with Crippen LogP contribution in [0.2, 0.25) is 0 Å². The quantitative estimate of drug-likeness (QED) is 0.168. The van der Waals surface area contributed by atoms with Crippen molar-refractivity contribution < 1.29 is 13.9 Å². The number of hydrogen-bond acceptors (Lipinski definition) is 5. The van der Waals surface area contributed by atoms with Gasteiger partial charge in [-0.05, 0) is 57.8 Å². The highest BCUT2D eigenvalue weighted by Crippen LogP contribution is 2.15. The number of aliphatic imine (C=N–C) groups is 1. The Morgan fingerprint density at radius 1 is 1.41 bits per heavy atom. The molecule has 1 saturated heterocycles. The van der Waals surface area contributed by atoms with E-state index in [9.17, 15) is 4.79 Å². The van der Waals surface area contributed by atoms with Crippen LogP contribution in [0.5, 0.6) is 0 Å². The SMILES string of the molecule is CCNC(=NCCCOCc1ccco1)NCCCN1CCCC(C(N)=O)C1.I. The van der Waals surface area contributed by atoms with Crippen molar-refractivity contribution in [1.82, 2.24) is 15.5 Å². The standard InChI is InChI=1S/C20H35N5O3.HI/c1-2-22-20(24-10-6-13-27-16-18-8-4-14-28-18)23-9-5-12-25-11-3-7-17(15-25)19(21)26;/h4,8,14,17H,2-3,5-7,9-13,15-16H2,1H3,(H2,21,26)(H2,22,23,24);1H. The van der Waals surface area contributed by atoms with Crippen molar-refractivity contribution in [3.8, 4) is 0 Å². The summed E-state index contributed by atoms with van der Waals surface area (Å²) in [6.07, 6.45) is 5.49. The highest BCUT2D eigenvalue weighted by molar-refractivity contribution is 14.0. The highest BCUT2D eigenvalue weighted by atomic mass is 127. The fraction of sp³-hybridized carbons (Fsp3) is 0.700. The molecule has 1 aliphatic rings. The molecule has 9 heteroatoms. The van der Waals surface area contributed by atoms with E-state index in [0.717, 1.165) is 70.1 Å². The number of rotatable bonds is 12. The zero-order valence-electron chi connectivity index (χ0n) is 17.4. The molecular formula is C20H36IN5O3. The number of primary amides is 1. The number of nitrogens with zero attached hydrogens (tertiary/aromatic N) is 2. The van der Waals surface area contributed by atoms with Crippen LogP contribution in [0.25, 0.3) is 0 Å². The molecule has 0 aromatic carbocycles. The second-order valence-corrected chi connectivity index (χ2v) is 7.07. The Morgan fingerprint density at radius 2 is 2.28 bits per heavy atom. The molecule has 0 radical (unpaired) electrons. The van der Waals surface area contributed by atoms with Crippen LogP contribution in [0.1, 0.15) is 38.4 Å². The van der Waals surface area contributed by atoms with Crippen LogP contribution in [-0.2, 0) is 16.1 Å². The summed E-state index contributed by atoms with van der Waals surface area (Å²) >= 11 is 0. The van der Waals surface area contributed by atoms with Crippen LogP contribution >= 0.6 is 24.0 Å². The van der Waals surface area contributed by atoms with Crippen LogP contribution in [0.3, 0.4) is 0 Å². The molecule has 8 nitrogen and oxygen atoms in total. The first-order valence-electron chi connectivity index (χ1n) is 10.3. The van der Waals surface area contributed by atoms with E-state index in [1.807, 2.05) is 12.1 Å². The fourth-order valence-corrected chi connectivity index (χ4v) is 3.27. The summed E-state index contributed by atoms with van der Waals surface area (Å²) in [5.74, 6) is 1.52. The highest BCUT2D eigenvalue weighted by Gasteiger charge is 2.23. The summed E-state index contributed by atoms with van der Waals surface area (Å²) in [5, 5.41) is 6.64. The first kappa shape index (κ1) is 25.7. The predicted molar refractivity (Wildman–Crippen MR) is 125 cm³/mol. The molecule has 0 aliphatic carbocycles. The number of nitrogens with one attached hydrogen (secondary N) is 2. The monoisotopic (exact) mass is 521 g/mol. The smallest absolute Gasteiger partial charge is 0.221 e. The van der Waals surface area contributed by atoms with Crippen LogP contribution < -0.4 is 16.4 Å². The number of piperidine rings is 1. The van der Waals surface area contributed by atoms with E-state index in [-0.39, 0.29) is 35.8 Å². The molecule has 1 atom stereocenters. The van der Waals surface area contributed by atoms with Crippen LogP contribution in [-0.4, -0.2) is 62.6 Å². The van der Waals surface area contributed by atoms with Crippen molar-refractivity contribution in [3.63, 3.8) is 0 Å². The second kappa shape index (κ2) is 15.5. The number of hydrogen-bond donors (Lipinski definition) is 3. The molecule has 0 spiro atoms. The molecule has 1 amide bonds. The lowest BCUT2D eigenvalue weighted by atomic mass is 9.97. The summed E-state index contributed by atoms with van der Waals surface area (Å²) < 4.78 is 10.8. The molecule has 1 aromatic heterocycles. The van der Waals surface area contributed by atoms with E-state index in [0.29, 0.717) is 19.8 Å². The van der Waals surface area contributed by atoms with Gasteiger partial charge in [0.15, 0.2) is 5.96 Å². The average Bonchev–Trinajstić information content (AvgIpc) is 3.21. The number of likely N-dealkylation sites (tertiary alicyclic amines) is 1. The maximum Gasteiger partial charge on any atom is 0.221 e. The van der Waals surface area contributed by atoms with Crippen molar-refractivity contribution in [2.24, 2.45) is 16.6 Å². The van der Waals surface area contributed by atoms with Crippen LogP contribution in [0.15, 0.2) is 27.8 Å². The van der Waals surface area contributed by atoms with Gasteiger partial charge in [0.1, 0.15) is 12.4 Å². The largest absolute Gasteiger partial charge is 0.467 e. The lowest BCUT2D eigenvalue weighted by Crippen LogP contribution is -2.43. The Labute approximate surface area is 191 Å². The van der Waals surface area contributed by atoms with Gasteiger partial charge in [0.05, 0.1) is 12.2 Å². The molecule has 1 aliphatic heterocycles. The van der Waals surface area contributed by atoms with Crippen LogP contribution in [0, 0.1) is 5.92 Å². The Hall–Kier alpha value is -1.33. The molecule has 0 bridgehead atoms. The molecule has 4 N–H and O–H groups in total. The summed E-state index contributed by atoms with van der Waals surface area (Å²) in [5.41, 5.74) is 5.44. The minimum absolute atomic E-state index is 0. The van der Waals surface area contributed by atoms with Gasteiger partial charge < -0.3 is 30.4 Å². The van der Waals surface area contributed by atoms with Gasteiger partial charge in [-0.15, -0.1) is 24.0 Å². The number of guanidine groups is 1.